The highest BCUT2D eigenvalue weighted by Crippen LogP contribution is 2.19. The highest BCUT2D eigenvalue weighted by Gasteiger charge is 2.22. The Bertz CT molecular complexity index is 836. The number of hydrogen-bond donors (Lipinski definition) is 2. The number of amides is 2. The van der Waals surface area contributed by atoms with Crippen LogP contribution in [0, 0.1) is 13.8 Å². The summed E-state index contributed by atoms with van der Waals surface area (Å²) in [5, 5.41) is 14.6. The van der Waals surface area contributed by atoms with E-state index >= 15 is 0 Å². The van der Waals surface area contributed by atoms with Crippen molar-refractivity contribution in [2.45, 2.75) is 71.5 Å². The molecule has 0 saturated carbocycles. The van der Waals surface area contributed by atoms with Gasteiger partial charge in [0.2, 0.25) is 0 Å². The van der Waals surface area contributed by atoms with Crippen LogP contribution in [-0.4, -0.2) is 49.9 Å². The van der Waals surface area contributed by atoms with Crippen molar-refractivity contribution < 1.29 is 4.79 Å². The van der Waals surface area contributed by atoms with Crippen LogP contribution in [0.25, 0.3) is 0 Å². The van der Waals surface area contributed by atoms with Crippen molar-refractivity contribution in [3.05, 3.63) is 29.2 Å². The van der Waals surface area contributed by atoms with Gasteiger partial charge in [0.05, 0.1) is 6.54 Å². The van der Waals surface area contributed by atoms with Crippen molar-refractivity contribution in [3.63, 3.8) is 0 Å². The van der Waals surface area contributed by atoms with Crippen LogP contribution in [-0.2, 0) is 19.5 Å². The molecule has 1 fully saturated rings. The van der Waals surface area contributed by atoms with Crippen LogP contribution in [0.1, 0.15) is 55.3 Å². The summed E-state index contributed by atoms with van der Waals surface area (Å²) in [6.07, 6.45) is 6.31. The second-order valence-corrected chi connectivity index (χ2v) is 8.00. The van der Waals surface area contributed by atoms with E-state index in [1.54, 1.807) is 0 Å². The number of hydrogen-bond acceptors (Lipinski definition) is 6. The molecule has 29 heavy (non-hydrogen) atoms. The monoisotopic (exact) mass is 398 g/mol. The van der Waals surface area contributed by atoms with Gasteiger partial charge in [-0.15, -0.1) is 10.2 Å². The molecule has 0 atom stereocenters. The standard InChI is InChI=1S/C20H30N8O/c1-14-12-18(23-15(2)22-14)27-10-7-16(8-11-27)24-20(29)21-13-19-26-25-17-6-4-3-5-9-28(17)19/h12,16H,3-11,13H2,1-2H3,(H2,21,24,29). The number of carbonyl (C=O) groups excluding carboxylic acids is 1. The summed E-state index contributed by atoms with van der Waals surface area (Å²) in [5.74, 6) is 3.67. The highest BCUT2D eigenvalue weighted by atomic mass is 16.2. The smallest absolute Gasteiger partial charge is 0.315 e. The first kappa shape index (κ1) is 19.6. The van der Waals surface area contributed by atoms with Crippen LogP contribution in [0.2, 0.25) is 0 Å². The summed E-state index contributed by atoms with van der Waals surface area (Å²) in [5.41, 5.74) is 0.985. The lowest BCUT2D eigenvalue weighted by Crippen LogP contribution is -2.48. The van der Waals surface area contributed by atoms with E-state index in [4.69, 9.17) is 0 Å². The van der Waals surface area contributed by atoms with E-state index in [0.717, 1.165) is 74.3 Å². The molecule has 4 heterocycles. The lowest BCUT2D eigenvalue weighted by Gasteiger charge is -2.33. The molecular weight excluding hydrogens is 368 g/mol. The maximum atomic E-state index is 12.4. The summed E-state index contributed by atoms with van der Waals surface area (Å²) in [4.78, 5) is 23.5. The Morgan fingerprint density at radius 2 is 1.93 bits per heavy atom. The van der Waals surface area contributed by atoms with Crippen molar-refractivity contribution in [1.82, 2.24) is 35.4 Å². The molecule has 0 bridgehead atoms. The molecule has 0 unspecified atom stereocenters. The van der Waals surface area contributed by atoms with E-state index in [2.05, 4.69) is 40.3 Å². The summed E-state index contributed by atoms with van der Waals surface area (Å²) in [6.45, 7) is 7.02. The Morgan fingerprint density at radius 1 is 1.10 bits per heavy atom. The van der Waals surface area contributed by atoms with Crippen molar-refractivity contribution in [2.24, 2.45) is 0 Å². The average molecular weight is 399 g/mol. The van der Waals surface area contributed by atoms with Gasteiger partial charge < -0.3 is 20.1 Å². The summed E-state index contributed by atoms with van der Waals surface area (Å²) in [7, 11) is 0. The third-order valence-corrected chi connectivity index (χ3v) is 5.70. The molecule has 2 aromatic heterocycles. The molecular formula is C20H30N8O. The number of urea groups is 1. The van der Waals surface area contributed by atoms with Crippen molar-refractivity contribution >= 4 is 11.8 Å². The maximum absolute atomic E-state index is 12.4. The van der Waals surface area contributed by atoms with E-state index in [0.29, 0.717) is 6.54 Å². The predicted octanol–water partition coefficient (Wildman–Crippen LogP) is 1.88. The fraction of sp³-hybridized carbons (Fsp3) is 0.650. The van der Waals surface area contributed by atoms with Gasteiger partial charge in [-0.05, 0) is 39.5 Å². The molecule has 2 aliphatic rings. The zero-order valence-corrected chi connectivity index (χ0v) is 17.3. The first-order chi connectivity index (χ1) is 14.1. The molecule has 1 saturated heterocycles. The number of aromatic nitrogens is 5. The van der Waals surface area contributed by atoms with Crippen LogP contribution in [0.4, 0.5) is 10.6 Å². The Morgan fingerprint density at radius 3 is 2.72 bits per heavy atom. The fourth-order valence-electron chi connectivity index (χ4n) is 4.18. The Kier molecular flexibility index (Phi) is 5.92. The van der Waals surface area contributed by atoms with E-state index in [1.807, 2.05) is 19.9 Å². The second-order valence-electron chi connectivity index (χ2n) is 8.00. The van der Waals surface area contributed by atoms with Gasteiger partial charge in [0.25, 0.3) is 0 Å². The highest BCUT2D eigenvalue weighted by molar-refractivity contribution is 5.74. The largest absolute Gasteiger partial charge is 0.356 e. The van der Waals surface area contributed by atoms with E-state index in [-0.39, 0.29) is 12.1 Å². The zero-order valence-electron chi connectivity index (χ0n) is 17.3. The Labute approximate surface area is 171 Å². The molecule has 9 heteroatoms. The first-order valence-corrected chi connectivity index (χ1v) is 10.6. The number of carbonyl (C=O) groups is 1. The summed E-state index contributed by atoms with van der Waals surface area (Å²) < 4.78 is 2.16. The van der Waals surface area contributed by atoms with Crippen LogP contribution in [0.5, 0.6) is 0 Å². The van der Waals surface area contributed by atoms with Gasteiger partial charge in [0.1, 0.15) is 17.5 Å². The molecule has 0 aliphatic carbocycles. The number of fused-ring (bicyclic) bond motifs is 1. The fourth-order valence-corrected chi connectivity index (χ4v) is 4.18. The molecule has 0 spiro atoms. The lowest BCUT2D eigenvalue weighted by atomic mass is 10.1. The van der Waals surface area contributed by atoms with E-state index in [1.165, 1.54) is 12.8 Å². The number of nitrogens with one attached hydrogen (secondary N) is 2. The molecule has 2 N–H and O–H groups in total. The number of rotatable bonds is 4. The second kappa shape index (κ2) is 8.75. The minimum Gasteiger partial charge on any atom is -0.356 e. The van der Waals surface area contributed by atoms with Crippen LogP contribution in [0.15, 0.2) is 6.07 Å². The van der Waals surface area contributed by atoms with Gasteiger partial charge in [-0.1, -0.05) is 6.42 Å². The van der Waals surface area contributed by atoms with Gasteiger partial charge in [-0.3, -0.25) is 0 Å². The zero-order chi connectivity index (χ0) is 20.2. The van der Waals surface area contributed by atoms with Gasteiger partial charge in [-0.25, -0.2) is 14.8 Å². The van der Waals surface area contributed by atoms with E-state index in [9.17, 15) is 4.79 Å². The number of aryl methyl sites for hydroxylation is 3. The normalized spacial score (nSPS) is 17.5. The van der Waals surface area contributed by atoms with Crippen LogP contribution in [0.3, 0.4) is 0 Å². The number of nitrogens with zero attached hydrogens (tertiary/aromatic N) is 6. The summed E-state index contributed by atoms with van der Waals surface area (Å²) in [6, 6.07) is 2.06. The quantitative estimate of drug-likeness (QED) is 0.816. The van der Waals surface area contributed by atoms with Gasteiger partial charge in [0, 0.05) is 43.9 Å². The molecule has 2 aliphatic heterocycles. The van der Waals surface area contributed by atoms with Gasteiger partial charge in [0.15, 0.2) is 5.82 Å². The maximum Gasteiger partial charge on any atom is 0.315 e. The Balaban J connectivity index is 1.25. The molecule has 9 nitrogen and oxygen atoms in total. The minimum absolute atomic E-state index is 0.136. The van der Waals surface area contributed by atoms with Gasteiger partial charge >= 0.3 is 6.03 Å². The third-order valence-electron chi connectivity index (χ3n) is 5.70. The van der Waals surface area contributed by atoms with E-state index < -0.39 is 0 Å². The van der Waals surface area contributed by atoms with Gasteiger partial charge in [-0.2, -0.15) is 0 Å². The first-order valence-electron chi connectivity index (χ1n) is 10.6. The molecule has 4 rings (SSSR count). The van der Waals surface area contributed by atoms with Crippen molar-refractivity contribution in [2.75, 3.05) is 18.0 Å². The van der Waals surface area contributed by atoms with Crippen molar-refractivity contribution in [1.29, 1.82) is 0 Å². The molecule has 0 radical (unpaired) electrons. The molecule has 156 valence electrons. The number of piperidine rings is 1. The van der Waals surface area contributed by atoms with Crippen molar-refractivity contribution in [3.8, 4) is 0 Å². The minimum atomic E-state index is -0.136. The third kappa shape index (κ3) is 4.83. The lowest BCUT2D eigenvalue weighted by molar-refractivity contribution is 0.233. The van der Waals surface area contributed by atoms with Crippen LogP contribution < -0.4 is 15.5 Å². The average Bonchev–Trinajstić information content (AvgIpc) is 2.92. The number of anilines is 1. The van der Waals surface area contributed by atoms with Crippen LogP contribution >= 0.6 is 0 Å². The molecule has 0 aromatic carbocycles. The molecule has 2 aromatic rings. The topological polar surface area (TPSA) is 101 Å². The predicted molar refractivity (Wildman–Crippen MR) is 110 cm³/mol. The Hall–Kier alpha value is -2.71. The SMILES string of the molecule is Cc1cc(N2CCC(NC(=O)NCc3nnc4n3CCCCC4)CC2)nc(C)n1. The summed E-state index contributed by atoms with van der Waals surface area (Å²) >= 11 is 0. The molecule has 2 amide bonds.